The number of hydrogen-bond donors (Lipinski definition) is 7. The van der Waals surface area contributed by atoms with Crippen LogP contribution in [0.15, 0.2) is 30.9 Å². The van der Waals surface area contributed by atoms with Crippen LogP contribution in [0.2, 0.25) is 0 Å². The van der Waals surface area contributed by atoms with Crippen molar-refractivity contribution < 1.29 is 45.1 Å². The Balaban J connectivity index is 2.25. The lowest BCUT2D eigenvalue weighted by Gasteiger charge is -2.32. The van der Waals surface area contributed by atoms with Crippen LogP contribution in [0.25, 0.3) is 27.5 Å². The second kappa shape index (κ2) is 8.04. The number of allylic oxidation sites excluding steroid dienone is 5. The van der Waals surface area contributed by atoms with Gasteiger partial charge in [0.2, 0.25) is 11.5 Å². The van der Waals surface area contributed by atoms with Crippen molar-refractivity contribution in [3.63, 3.8) is 0 Å². The molecular formula is C25H28BNO9. The van der Waals surface area contributed by atoms with Gasteiger partial charge in [0.15, 0.2) is 23.0 Å². The average Bonchev–Trinajstić information content (AvgIpc) is 3.26. The molecule has 2 heterocycles. The van der Waals surface area contributed by atoms with E-state index in [9.17, 15) is 35.7 Å². The first kappa shape index (κ1) is 25.1. The Morgan fingerprint density at radius 1 is 0.750 bits per heavy atom. The van der Waals surface area contributed by atoms with Gasteiger partial charge in [0.25, 0.3) is 0 Å². The van der Waals surface area contributed by atoms with Crippen LogP contribution in [0.1, 0.15) is 34.6 Å². The number of nitrogens with zero attached hydrogens (tertiary/aromatic N) is 1. The second-order valence-electron chi connectivity index (χ2n) is 9.53. The summed E-state index contributed by atoms with van der Waals surface area (Å²) < 4.78 is 13.1. The Kier molecular flexibility index (Phi) is 5.62. The molecule has 1 aromatic heterocycles. The van der Waals surface area contributed by atoms with Gasteiger partial charge < -0.3 is 49.6 Å². The maximum atomic E-state index is 11.4. The van der Waals surface area contributed by atoms with E-state index in [4.69, 9.17) is 9.31 Å². The Hall–Kier alpha value is -3.96. The number of phenols is 7. The molecule has 0 amide bonds. The van der Waals surface area contributed by atoms with Crippen LogP contribution < -0.4 is 5.46 Å². The number of fused-ring (bicyclic) bond motifs is 3. The van der Waals surface area contributed by atoms with Crippen LogP contribution in [0.4, 0.5) is 0 Å². The quantitative estimate of drug-likeness (QED) is 0.123. The van der Waals surface area contributed by atoms with Gasteiger partial charge in [-0.15, -0.1) is 0 Å². The highest BCUT2D eigenvalue weighted by molar-refractivity contribution is 6.65. The summed E-state index contributed by atoms with van der Waals surface area (Å²) >= 11 is 0. The van der Waals surface area contributed by atoms with Crippen LogP contribution >= 0.6 is 0 Å². The van der Waals surface area contributed by atoms with E-state index in [0.717, 1.165) is 0 Å². The number of benzene rings is 2. The summed E-state index contributed by atoms with van der Waals surface area (Å²) in [5.74, 6) is -5.87. The van der Waals surface area contributed by atoms with Crippen LogP contribution in [-0.2, 0) is 9.31 Å². The molecule has 4 rings (SSSR count). The van der Waals surface area contributed by atoms with Crippen molar-refractivity contribution in [2.75, 3.05) is 0 Å². The summed E-state index contributed by atoms with van der Waals surface area (Å²) in [5, 5.41) is 75.3. The van der Waals surface area contributed by atoms with E-state index in [-0.39, 0.29) is 27.3 Å². The first-order valence-corrected chi connectivity index (χ1v) is 11.1. The third-order valence-corrected chi connectivity index (χ3v) is 6.95. The Morgan fingerprint density at radius 2 is 1.22 bits per heavy atom. The van der Waals surface area contributed by atoms with Gasteiger partial charge in [-0.1, -0.05) is 24.8 Å². The van der Waals surface area contributed by atoms with E-state index in [2.05, 4.69) is 6.58 Å². The van der Waals surface area contributed by atoms with Crippen molar-refractivity contribution in [1.82, 2.24) is 4.57 Å². The van der Waals surface area contributed by atoms with Crippen molar-refractivity contribution in [3.05, 3.63) is 30.9 Å². The number of phenolic OH excluding ortho intramolecular Hbond substituents is 7. The molecule has 0 unspecified atom stereocenters. The molecule has 1 aliphatic rings. The second-order valence-corrected chi connectivity index (χ2v) is 9.53. The first-order valence-electron chi connectivity index (χ1n) is 11.1. The Labute approximate surface area is 207 Å². The number of rotatable bonds is 4. The van der Waals surface area contributed by atoms with Gasteiger partial charge >= 0.3 is 7.12 Å². The topological polar surface area (TPSA) is 165 Å². The van der Waals surface area contributed by atoms with Crippen molar-refractivity contribution in [3.8, 4) is 40.2 Å². The minimum atomic E-state index is -1.31. The Morgan fingerprint density at radius 3 is 1.72 bits per heavy atom. The van der Waals surface area contributed by atoms with Crippen molar-refractivity contribution >= 4 is 40.1 Å². The SMILES string of the molecule is C=C/C=C\C(=C/C)n1c2c(O)c(O)c(O)c(O)c2c2c(O)c(B3OC(C)(C)C(C)(C)O3)c(O)c(O)c21. The molecule has 1 saturated heterocycles. The largest absolute Gasteiger partial charge is 0.507 e. The number of aromatic nitrogens is 1. The van der Waals surface area contributed by atoms with E-state index < -0.39 is 58.6 Å². The van der Waals surface area contributed by atoms with Crippen molar-refractivity contribution in [2.45, 2.75) is 45.8 Å². The normalized spacial score (nSPS) is 17.6. The van der Waals surface area contributed by atoms with E-state index in [1.165, 1.54) is 10.6 Å². The standard InChI is InChI=1S/C25H28BNO9/c1-7-9-10-11(8-2)27-15-12(13-16(27)21(32)23(34)22(33)18(13)29)17(28)14(19(30)20(15)31)26-35-24(3,4)25(5,6)36-26/h7-10,28-34H,1H2,2-6H3/b10-9-,11-8+. The Bertz CT molecular complexity index is 1480. The van der Waals surface area contributed by atoms with Gasteiger partial charge in [-0.05, 0) is 40.7 Å². The molecule has 0 spiro atoms. The zero-order chi connectivity index (χ0) is 26.9. The highest BCUT2D eigenvalue weighted by Crippen LogP contribution is 2.56. The molecule has 1 fully saturated rings. The lowest BCUT2D eigenvalue weighted by Crippen LogP contribution is -2.41. The van der Waals surface area contributed by atoms with Gasteiger partial charge in [-0.25, -0.2) is 0 Å². The van der Waals surface area contributed by atoms with Gasteiger partial charge in [-0.3, -0.25) is 0 Å². The summed E-state index contributed by atoms with van der Waals surface area (Å²) in [6, 6.07) is 0. The monoisotopic (exact) mass is 497 g/mol. The van der Waals surface area contributed by atoms with Crippen molar-refractivity contribution in [1.29, 1.82) is 0 Å². The van der Waals surface area contributed by atoms with Crippen LogP contribution in [-0.4, -0.2) is 58.6 Å². The van der Waals surface area contributed by atoms with E-state index >= 15 is 0 Å². The number of hydrogen-bond acceptors (Lipinski definition) is 9. The zero-order valence-corrected chi connectivity index (χ0v) is 20.5. The minimum Gasteiger partial charge on any atom is -0.507 e. The maximum absolute atomic E-state index is 11.4. The summed E-state index contributed by atoms with van der Waals surface area (Å²) in [4.78, 5) is 0. The van der Waals surface area contributed by atoms with E-state index in [1.807, 2.05) is 0 Å². The van der Waals surface area contributed by atoms with E-state index in [1.54, 1.807) is 52.8 Å². The molecule has 0 bridgehead atoms. The molecule has 0 saturated carbocycles. The van der Waals surface area contributed by atoms with Gasteiger partial charge in [0.05, 0.1) is 27.4 Å². The molecule has 3 aromatic rings. The summed E-state index contributed by atoms with van der Waals surface area (Å²) in [7, 11) is -1.31. The third kappa shape index (κ3) is 3.20. The third-order valence-electron chi connectivity index (χ3n) is 6.95. The predicted molar refractivity (Wildman–Crippen MR) is 136 cm³/mol. The summed E-state index contributed by atoms with van der Waals surface area (Å²) in [6.07, 6.45) is 6.15. The van der Waals surface area contributed by atoms with Gasteiger partial charge in [0.1, 0.15) is 16.8 Å². The lowest BCUT2D eigenvalue weighted by molar-refractivity contribution is 0.00578. The smallest absolute Gasteiger partial charge is 0.502 e. The first-order chi connectivity index (χ1) is 16.7. The molecule has 36 heavy (non-hydrogen) atoms. The maximum Gasteiger partial charge on any atom is 0.502 e. The molecular weight excluding hydrogens is 469 g/mol. The van der Waals surface area contributed by atoms with E-state index in [0.29, 0.717) is 5.70 Å². The van der Waals surface area contributed by atoms with Crippen LogP contribution in [0.5, 0.6) is 40.2 Å². The summed E-state index contributed by atoms with van der Waals surface area (Å²) in [5.41, 5.74) is -2.20. The van der Waals surface area contributed by atoms with Gasteiger partial charge in [0, 0.05) is 5.70 Å². The molecule has 190 valence electrons. The molecule has 7 N–H and O–H groups in total. The number of aromatic hydroxyl groups is 7. The minimum absolute atomic E-state index is 0.224. The molecule has 2 aromatic carbocycles. The summed E-state index contributed by atoms with van der Waals surface area (Å²) in [6.45, 7) is 12.3. The molecule has 0 atom stereocenters. The fourth-order valence-corrected chi connectivity index (χ4v) is 4.33. The fraction of sp³-hybridized carbons (Fsp3) is 0.280. The molecule has 0 aliphatic carbocycles. The highest BCUT2D eigenvalue weighted by atomic mass is 16.7. The molecule has 10 nitrogen and oxygen atoms in total. The predicted octanol–water partition coefficient (Wildman–Crippen LogP) is 3.64. The zero-order valence-electron chi connectivity index (χ0n) is 20.5. The fourth-order valence-electron chi connectivity index (χ4n) is 4.33. The lowest BCUT2D eigenvalue weighted by atomic mass is 9.76. The van der Waals surface area contributed by atoms with Gasteiger partial charge in [-0.2, -0.15) is 0 Å². The van der Waals surface area contributed by atoms with Crippen molar-refractivity contribution in [2.24, 2.45) is 0 Å². The molecule has 0 radical (unpaired) electrons. The van der Waals surface area contributed by atoms with Crippen LogP contribution in [0, 0.1) is 0 Å². The molecule has 1 aliphatic heterocycles. The highest BCUT2D eigenvalue weighted by Gasteiger charge is 2.54. The average molecular weight is 497 g/mol. The molecule has 11 heteroatoms. The van der Waals surface area contributed by atoms with Crippen LogP contribution in [0.3, 0.4) is 0 Å².